The average molecular weight is 345 g/mol. The van der Waals surface area contributed by atoms with E-state index in [0.29, 0.717) is 23.8 Å². The predicted octanol–water partition coefficient (Wildman–Crippen LogP) is 1.16. The van der Waals surface area contributed by atoms with Crippen molar-refractivity contribution in [3.05, 3.63) is 41.1 Å². The lowest BCUT2D eigenvalue weighted by Gasteiger charge is -2.27. The van der Waals surface area contributed by atoms with Crippen LogP contribution >= 0.6 is 0 Å². The standard InChI is InChI=1S/C16H19N5O4/c1-10-13(15(22)25-9-8-23-2)14(21-16(17-10)18-19-20-21)11-4-6-12(24-3)7-5-11/h4-7,14H,8-9H2,1-3H3,(H,17,18,20)/t14-/m1/s1. The quantitative estimate of drug-likeness (QED) is 0.615. The molecule has 2 heterocycles. The lowest BCUT2D eigenvalue weighted by molar-refractivity contribution is -0.140. The molecule has 1 atom stereocenters. The molecule has 0 bridgehead atoms. The predicted molar refractivity (Wildman–Crippen MR) is 88.1 cm³/mol. The summed E-state index contributed by atoms with van der Waals surface area (Å²) in [4.78, 5) is 12.6. The highest BCUT2D eigenvalue weighted by atomic mass is 16.6. The first-order valence-electron chi connectivity index (χ1n) is 7.71. The minimum absolute atomic E-state index is 0.171. The third kappa shape index (κ3) is 3.31. The molecular weight excluding hydrogens is 326 g/mol. The molecule has 25 heavy (non-hydrogen) atoms. The first-order chi connectivity index (χ1) is 12.2. The second kappa shape index (κ2) is 7.31. The largest absolute Gasteiger partial charge is 0.497 e. The van der Waals surface area contributed by atoms with Crippen LogP contribution in [-0.2, 0) is 14.3 Å². The summed E-state index contributed by atoms with van der Waals surface area (Å²) >= 11 is 0. The lowest BCUT2D eigenvalue weighted by atomic mass is 9.96. The number of hydrogen-bond donors (Lipinski definition) is 1. The van der Waals surface area contributed by atoms with E-state index in [1.54, 1.807) is 25.8 Å². The van der Waals surface area contributed by atoms with Crippen molar-refractivity contribution in [2.75, 3.05) is 32.8 Å². The number of tetrazole rings is 1. The molecule has 0 aliphatic carbocycles. The fourth-order valence-corrected chi connectivity index (χ4v) is 2.67. The van der Waals surface area contributed by atoms with Crippen LogP contribution in [0, 0.1) is 0 Å². The second-order valence-corrected chi connectivity index (χ2v) is 5.42. The van der Waals surface area contributed by atoms with E-state index in [0.717, 1.165) is 11.3 Å². The zero-order valence-corrected chi connectivity index (χ0v) is 14.2. The number of methoxy groups -OCH3 is 2. The van der Waals surface area contributed by atoms with Crippen molar-refractivity contribution in [3.8, 4) is 5.75 Å². The third-order valence-electron chi connectivity index (χ3n) is 3.89. The maximum absolute atomic E-state index is 12.6. The Balaban J connectivity index is 1.99. The van der Waals surface area contributed by atoms with Crippen molar-refractivity contribution in [1.82, 2.24) is 20.2 Å². The van der Waals surface area contributed by atoms with Gasteiger partial charge in [0.15, 0.2) is 0 Å². The van der Waals surface area contributed by atoms with E-state index in [1.165, 1.54) is 0 Å². The number of benzene rings is 1. The number of hydrogen-bond acceptors (Lipinski definition) is 8. The molecule has 1 N–H and O–H groups in total. The summed E-state index contributed by atoms with van der Waals surface area (Å²) < 4.78 is 17.0. The molecule has 1 aliphatic heterocycles. The van der Waals surface area contributed by atoms with E-state index in [9.17, 15) is 4.79 Å². The number of fused-ring (bicyclic) bond motifs is 1. The Morgan fingerprint density at radius 1 is 1.24 bits per heavy atom. The van der Waals surface area contributed by atoms with Gasteiger partial charge < -0.3 is 19.5 Å². The van der Waals surface area contributed by atoms with Crippen LogP contribution in [0.3, 0.4) is 0 Å². The van der Waals surface area contributed by atoms with E-state index < -0.39 is 12.0 Å². The van der Waals surface area contributed by atoms with Crippen LogP contribution in [0.4, 0.5) is 5.95 Å². The van der Waals surface area contributed by atoms with E-state index in [2.05, 4.69) is 20.8 Å². The molecule has 0 saturated carbocycles. The molecule has 2 aromatic rings. The van der Waals surface area contributed by atoms with Gasteiger partial charge in [0, 0.05) is 12.8 Å². The molecule has 3 rings (SSSR count). The number of carbonyl (C=O) groups is 1. The van der Waals surface area contributed by atoms with Gasteiger partial charge in [-0.15, -0.1) is 0 Å². The molecule has 132 valence electrons. The summed E-state index contributed by atoms with van der Waals surface area (Å²) in [7, 11) is 3.15. The Morgan fingerprint density at radius 2 is 2.00 bits per heavy atom. The molecule has 1 aromatic heterocycles. The SMILES string of the molecule is COCCOC(=O)C1=C(C)Nc2nnnn2[C@@H]1c1ccc(OC)cc1. The minimum Gasteiger partial charge on any atom is -0.497 e. The summed E-state index contributed by atoms with van der Waals surface area (Å²) in [5, 5.41) is 14.7. The highest BCUT2D eigenvalue weighted by molar-refractivity contribution is 5.92. The molecule has 0 spiro atoms. The number of carbonyl (C=O) groups excluding carboxylic acids is 1. The van der Waals surface area contributed by atoms with E-state index in [1.807, 2.05) is 24.3 Å². The fourth-order valence-electron chi connectivity index (χ4n) is 2.67. The Bertz CT molecular complexity index is 784. The van der Waals surface area contributed by atoms with Crippen LogP contribution in [0.2, 0.25) is 0 Å². The maximum Gasteiger partial charge on any atom is 0.338 e. The molecule has 0 amide bonds. The minimum atomic E-state index is -0.493. The van der Waals surface area contributed by atoms with Gasteiger partial charge in [0.25, 0.3) is 0 Å². The van der Waals surface area contributed by atoms with E-state index in [-0.39, 0.29) is 6.61 Å². The smallest absolute Gasteiger partial charge is 0.338 e. The Labute approximate surface area is 144 Å². The van der Waals surface area contributed by atoms with Crippen LogP contribution < -0.4 is 10.1 Å². The van der Waals surface area contributed by atoms with Crippen molar-refractivity contribution in [2.45, 2.75) is 13.0 Å². The average Bonchev–Trinajstić information content (AvgIpc) is 3.08. The lowest BCUT2D eigenvalue weighted by Crippen LogP contribution is -2.30. The molecule has 0 unspecified atom stereocenters. The van der Waals surface area contributed by atoms with E-state index >= 15 is 0 Å². The zero-order chi connectivity index (χ0) is 17.8. The van der Waals surface area contributed by atoms with Crippen LogP contribution in [0.25, 0.3) is 0 Å². The number of nitrogens with zero attached hydrogens (tertiary/aromatic N) is 4. The van der Waals surface area contributed by atoms with Crippen molar-refractivity contribution in [2.24, 2.45) is 0 Å². The molecule has 9 heteroatoms. The normalized spacial score (nSPS) is 16.2. The van der Waals surface area contributed by atoms with Gasteiger partial charge in [-0.05, 0) is 35.0 Å². The number of rotatable bonds is 6. The number of anilines is 1. The van der Waals surface area contributed by atoms with Gasteiger partial charge in [-0.1, -0.05) is 17.2 Å². The maximum atomic E-state index is 12.6. The van der Waals surface area contributed by atoms with Crippen molar-refractivity contribution in [1.29, 1.82) is 0 Å². The molecule has 0 saturated heterocycles. The number of aromatic nitrogens is 4. The Morgan fingerprint density at radius 3 is 2.68 bits per heavy atom. The monoisotopic (exact) mass is 345 g/mol. The molecule has 0 fully saturated rings. The first-order valence-corrected chi connectivity index (χ1v) is 7.71. The molecule has 1 aliphatic rings. The van der Waals surface area contributed by atoms with Gasteiger partial charge in [0.2, 0.25) is 5.95 Å². The highest BCUT2D eigenvalue weighted by Crippen LogP contribution is 2.35. The van der Waals surface area contributed by atoms with Gasteiger partial charge in [-0.3, -0.25) is 0 Å². The van der Waals surface area contributed by atoms with Gasteiger partial charge in [-0.2, -0.15) is 4.68 Å². The number of ether oxygens (including phenoxy) is 3. The van der Waals surface area contributed by atoms with Gasteiger partial charge >= 0.3 is 5.97 Å². The topological polar surface area (TPSA) is 100 Å². The summed E-state index contributed by atoms with van der Waals surface area (Å²) in [6.07, 6.45) is 0. The van der Waals surface area contributed by atoms with Crippen LogP contribution in [0.5, 0.6) is 5.75 Å². The van der Waals surface area contributed by atoms with E-state index in [4.69, 9.17) is 14.2 Å². The molecule has 1 aromatic carbocycles. The number of esters is 1. The summed E-state index contributed by atoms with van der Waals surface area (Å²) in [5.41, 5.74) is 1.93. The summed E-state index contributed by atoms with van der Waals surface area (Å²) in [6, 6.07) is 6.90. The van der Waals surface area contributed by atoms with Crippen molar-refractivity contribution in [3.63, 3.8) is 0 Å². The fraction of sp³-hybridized carbons (Fsp3) is 0.375. The third-order valence-corrected chi connectivity index (χ3v) is 3.89. The molecule has 0 radical (unpaired) electrons. The van der Waals surface area contributed by atoms with Crippen LogP contribution in [0.1, 0.15) is 18.5 Å². The van der Waals surface area contributed by atoms with Crippen molar-refractivity contribution < 1.29 is 19.0 Å². The summed E-state index contributed by atoms with van der Waals surface area (Å²) in [6.45, 7) is 2.29. The van der Waals surface area contributed by atoms with Crippen LogP contribution in [-0.4, -0.2) is 53.6 Å². The molecular formula is C16H19N5O4. The Kier molecular flexibility index (Phi) is 4.94. The van der Waals surface area contributed by atoms with Gasteiger partial charge in [-0.25, -0.2) is 4.79 Å². The second-order valence-electron chi connectivity index (χ2n) is 5.42. The number of nitrogens with one attached hydrogen (secondary N) is 1. The molecule has 9 nitrogen and oxygen atoms in total. The summed E-state index contributed by atoms with van der Waals surface area (Å²) in [5.74, 6) is 0.746. The Hall–Kier alpha value is -2.94. The van der Waals surface area contributed by atoms with Gasteiger partial charge in [0.05, 0.1) is 19.3 Å². The van der Waals surface area contributed by atoms with Gasteiger partial charge in [0.1, 0.15) is 18.4 Å². The van der Waals surface area contributed by atoms with Crippen LogP contribution in [0.15, 0.2) is 35.5 Å². The zero-order valence-electron chi connectivity index (χ0n) is 14.2. The van der Waals surface area contributed by atoms with Crippen molar-refractivity contribution >= 4 is 11.9 Å². The number of allylic oxidation sites excluding steroid dienone is 1. The first kappa shape index (κ1) is 16.9. The highest BCUT2D eigenvalue weighted by Gasteiger charge is 2.34.